The Kier molecular flexibility index (Phi) is 4.81. The molecule has 0 bridgehead atoms. The van der Waals surface area contributed by atoms with Crippen LogP contribution in [0.4, 0.5) is 0 Å². The molecule has 2 N–H and O–H groups in total. The molecule has 0 radical (unpaired) electrons. The van der Waals surface area contributed by atoms with Crippen LogP contribution in [0.2, 0.25) is 0 Å². The van der Waals surface area contributed by atoms with Crippen molar-refractivity contribution >= 4 is 5.97 Å². The van der Waals surface area contributed by atoms with Crippen molar-refractivity contribution in [2.45, 2.75) is 19.8 Å². The maximum Gasteiger partial charge on any atom is 0.338 e. The summed E-state index contributed by atoms with van der Waals surface area (Å²) in [4.78, 5) is 12.6. The first-order valence-corrected chi connectivity index (χ1v) is 8.16. The Bertz CT molecular complexity index is 933. The van der Waals surface area contributed by atoms with Gasteiger partial charge in [-0.3, -0.25) is 0 Å². The highest BCUT2D eigenvalue weighted by Gasteiger charge is 2.37. The fourth-order valence-electron chi connectivity index (χ4n) is 3.07. The second-order valence-electron chi connectivity index (χ2n) is 5.68. The van der Waals surface area contributed by atoms with Crippen LogP contribution < -0.4 is 5.73 Å². The number of carbonyl (C=O) groups excluding carboxylic acids is 1. The Morgan fingerprint density at radius 2 is 2.08 bits per heavy atom. The Balaban J connectivity index is 2.23. The molecule has 132 valence electrons. The Hall–Kier alpha value is -3.46. The van der Waals surface area contributed by atoms with Crippen LogP contribution in [0.5, 0.6) is 0 Å². The second-order valence-corrected chi connectivity index (χ2v) is 5.68. The van der Waals surface area contributed by atoms with Gasteiger partial charge in [0, 0.05) is 5.56 Å². The van der Waals surface area contributed by atoms with Crippen molar-refractivity contribution < 1.29 is 18.7 Å². The minimum Gasteiger partial charge on any atom is -0.464 e. The zero-order chi connectivity index (χ0) is 18.7. The molecule has 1 aromatic heterocycles. The summed E-state index contributed by atoms with van der Waals surface area (Å²) in [5.74, 6) is -0.307. The molecule has 6 nitrogen and oxygen atoms in total. The minimum absolute atomic E-state index is 0.0164. The lowest BCUT2D eigenvalue weighted by molar-refractivity contribution is -0.139. The average molecular weight is 350 g/mol. The van der Waals surface area contributed by atoms with E-state index in [4.69, 9.17) is 19.6 Å². The number of benzene rings is 1. The summed E-state index contributed by atoms with van der Waals surface area (Å²) in [6.07, 6.45) is 1.57. The predicted molar refractivity (Wildman–Crippen MR) is 94.1 cm³/mol. The summed E-state index contributed by atoms with van der Waals surface area (Å²) in [5, 5.41) is 9.66. The quantitative estimate of drug-likeness (QED) is 0.846. The summed E-state index contributed by atoms with van der Waals surface area (Å²) < 4.78 is 16.2. The van der Waals surface area contributed by atoms with E-state index in [-0.39, 0.29) is 23.6 Å². The second kappa shape index (κ2) is 7.19. The fourth-order valence-corrected chi connectivity index (χ4v) is 3.07. The SMILES string of the molecule is CCOC(=O)C1=C(C)OC(N)=C(C#N)C1c1ccccc1-c1ccco1. The number of carbonyl (C=O) groups is 1. The molecule has 6 heteroatoms. The molecule has 0 aliphatic carbocycles. The Morgan fingerprint density at radius 1 is 1.31 bits per heavy atom. The third-order valence-corrected chi connectivity index (χ3v) is 4.16. The molecule has 26 heavy (non-hydrogen) atoms. The van der Waals surface area contributed by atoms with Crippen molar-refractivity contribution in [2.24, 2.45) is 5.73 Å². The summed E-state index contributed by atoms with van der Waals surface area (Å²) in [5.41, 5.74) is 7.84. The van der Waals surface area contributed by atoms with Crippen LogP contribution in [-0.2, 0) is 14.3 Å². The Labute approximate surface area is 151 Å². The molecule has 1 unspecified atom stereocenters. The van der Waals surface area contributed by atoms with Crippen LogP contribution >= 0.6 is 0 Å². The van der Waals surface area contributed by atoms with Gasteiger partial charge in [-0.1, -0.05) is 24.3 Å². The van der Waals surface area contributed by atoms with E-state index < -0.39 is 11.9 Å². The van der Waals surface area contributed by atoms with E-state index >= 15 is 0 Å². The molecule has 0 saturated heterocycles. The average Bonchev–Trinajstić information content (AvgIpc) is 3.15. The lowest BCUT2D eigenvalue weighted by atomic mass is 9.80. The predicted octanol–water partition coefficient (Wildman–Crippen LogP) is 3.59. The zero-order valence-corrected chi connectivity index (χ0v) is 14.5. The van der Waals surface area contributed by atoms with Crippen molar-refractivity contribution in [1.29, 1.82) is 5.26 Å². The number of rotatable bonds is 4. The first-order chi connectivity index (χ1) is 12.6. The molecule has 0 spiro atoms. The van der Waals surface area contributed by atoms with Gasteiger partial charge in [-0.25, -0.2) is 4.79 Å². The molecule has 0 amide bonds. The normalized spacial score (nSPS) is 16.9. The lowest BCUT2D eigenvalue weighted by Crippen LogP contribution is -2.25. The highest BCUT2D eigenvalue weighted by atomic mass is 16.5. The molecule has 1 aliphatic heterocycles. The van der Waals surface area contributed by atoms with Crippen LogP contribution in [0.25, 0.3) is 11.3 Å². The van der Waals surface area contributed by atoms with Gasteiger partial charge >= 0.3 is 5.97 Å². The summed E-state index contributed by atoms with van der Waals surface area (Å²) in [6, 6.07) is 13.1. The van der Waals surface area contributed by atoms with Gasteiger partial charge < -0.3 is 19.6 Å². The lowest BCUT2D eigenvalue weighted by Gasteiger charge is -2.27. The molecule has 1 aromatic carbocycles. The molecule has 0 saturated carbocycles. The summed E-state index contributed by atoms with van der Waals surface area (Å²) in [7, 11) is 0. The van der Waals surface area contributed by atoms with Crippen molar-refractivity contribution in [3.05, 3.63) is 71.0 Å². The zero-order valence-electron chi connectivity index (χ0n) is 14.5. The number of furan rings is 1. The van der Waals surface area contributed by atoms with Gasteiger partial charge in [-0.05, 0) is 31.5 Å². The molecule has 0 fully saturated rings. The number of nitrogens with two attached hydrogens (primary N) is 1. The number of nitrogens with zero attached hydrogens (tertiary/aromatic N) is 1. The van der Waals surface area contributed by atoms with Gasteiger partial charge in [0.2, 0.25) is 5.88 Å². The fraction of sp³-hybridized carbons (Fsp3) is 0.200. The minimum atomic E-state index is -0.700. The van der Waals surface area contributed by atoms with Crippen LogP contribution in [0.3, 0.4) is 0 Å². The number of ether oxygens (including phenoxy) is 2. The van der Waals surface area contributed by atoms with E-state index in [0.717, 1.165) is 5.56 Å². The van der Waals surface area contributed by atoms with E-state index in [2.05, 4.69) is 6.07 Å². The third-order valence-electron chi connectivity index (χ3n) is 4.16. The van der Waals surface area contributed by atoms with Crippen molar-refractivity contribution in [2.75, 3.05) is 6.61 Å². The van der Waals surface area contributed by atoms with Gasteiger partial charge in [0.25, 0.3) is 0 Å². The maximum atomic E-state index is 12.6. The summed E-state index contributed by atoms with van der Waals surface area (Å²) in [6.45, 7) is 3.57. The van der Waals surface area contributed by atoms with Crippen LogP contribution in [0.15, 0.2) is 69.9 Å². The van der Waals surface area contributed by atoms with Gasteiger partial charge in [0.1, 0.15) is 23.2 Å². The largest absolute Gasteiger partial charge is 0.464 e. The summed E-state index contributed by atoms with van der Waals surface area (Å²) >= 11 is 0. The molecular weight excluding hydrogens is 332 g/mol. The topological polar surface area (TPSA) is 98.5 Å². The van der Waals surface area contributed by atoms with Crippen molar-refractivity contribution in [3.63, 3.8) is 0 Å². The number of hydrogen-bond donors (Lipinski definition) is 1. The molecular formula is C20H18N2O4. The van der Waals surface area contributed by atoms with E-state index in [0.29, 0.717) is 17.1 Å². The third kappa shape index (κ3) is 2.95. The highest BCUT2D eigenvalue weighted by molar-refractivity contribution is 5.93. The van der Waals surface area contributed by atoms with Gasteiger partial charge in [0.15, 0.2) is 0 Å². The monoisotopic (exact) mass is 350 g/mol. The van der Waals surface area contributed by atoms with Crippen LogP contribution in [-0.4, -0.2) is 12.6 Å². The highest BCUT2D eigenvalue weighted by Crippen LogP contribution is 2.43. The van der Waals surface area contributed by atoms with Crippen LogP contribution in [0, 0.1) is 11.3 Å². The first kappa shape index (κ1) is 17.4. The smallest absolute Gasteiger partial charge is 0.338 e. The van der Waals surface area contributed by atoms with E-state index in [1.54, 1.807) is 26.2 Å². The standard InChI is InChI=1S/C20H18N2O4/c1-3-24-20(23)17-12(2)26-19(22)15(11-21)18(17)14-8-5-4-7-13(14)16-9-6-10-25-16/h4-10,18H,3,22H2,1-2H3. The van der Waals surface area contributed by atoms with Crippen molar-refractivity contribution in [1.82, 2.24) is 0 Å². The van der Waals surface area contributed by atoms with E-state index in [1.165, 1.54) is 0 Å². The number of hydrogen-bond acceptors (Lipinski definition) is 6. The van der Waals surface area contributed by atoms with Crippen molar-refractivity contribution in [3.8, 4) is 17.4 Å². The van der Waals surface area contributed by atoms with Gasteiger partial charge in [0.05, 0.1) is 24.4 Å². The van der Waals surface area contributed by atoms with E-state index in [9.17, 15) is 10.1 Å². The molecule has 2 aromatic rings. The molecule has 3 rings (SSSR count). The molecule has 1 atom stereocenters. The number of nitriles is 1. The maximum absolute atomic E-state index is 12.6. The Morgan fingerprint density at radius 3 is 2.73 bits per heavy atom. The number of allylic oxidation sites excluding steroid dienone is 2. The van der Waals surface area contributed by atoms with Gasteiger partial charge in [-0.15, -0.1) is 0 Å². The molecule has 1 aliphatic rings. The first-order valence-electron chi connectivity index (χ1n) is 8.16. The number of esters is 1. The van der Waals surface area contributed by atoms with Gasteiger partial charge in [-0.2, -0.15) is 5.26 Å². The molecule has 2 heterocycles. The van der Waals surface area contributed by atoms with E-state index in [1.807, 2.05) is 30.3 Å². The van der Waals surface area contributed by atoms with Crippen LogP contribution in [0.1, 0.15) is 25.3 Å².